The van der Waals surface area contributed by atoms with E-state index in [1.165, 1.54) is 250 Å². The lowest BCUT2D eigenvalue weighted by atomic mass is 10.0. The molecule has 0 bridgehead atoms. The van der Waals surface area contributed by atoms with Crippen molar-refractivity contribution < 1.29 is 29.7 Å². The Bertz CT molecular complexity index is 717. The first-order chi connectivity index (χ1) is 29.3. The number of carbonyl (C=O) groups is 3. The predicted octanol–water partition coefficient (Wildman–Crippen LogP) is 14.5. The van der Waals surface area contributed by atoms with Crippen LogP contribution in [0.4, 0.5) is 0 Å². The fourth-order valence-electron chi connectivity index (χ4n) is 7.92. The summed E-state index contributed by atoms with van der Waals surface area (Å²) in [5.74, 6) is -2.71. The summed E-state index contributed by atoms with van der Waals surface area (Å²) in [7, 11) is 0. The SMILES string of the molecule is CCCCCCCCCCCCCCCCCC(=O)[O-].CCCCCCCCCCCCCCCCCC(=O)[O-].CCCCCCCCCCCCCCCCCC(=O)[O-].[N+3]. The van der Waals surface area contributed by atoms with E-state index in [0.29, 0.717) is 0 Å². The molecule has 0 spiro atoms. The lowest BCUT2D eigenvalue weighted by molar-refractivity contribution is -0.307. The van der Waals surface area contributed by atoms with E-state index in [-0.39, 0.29) is 25.4 Å². The Balaban J connectivity index is -0.000000396. The standard InChI is InChI=1S/3C18H36O2.N/c3*1-2-3-4-5-6-7-8-9-10-11-12-13-14-15-16-17-18(19)20;/h3*2-17H2,1H3,(H,19,20);/q;;;+3/p-3. The summed E-state index contributed by atoms with van der Waals surface area (Å²) in [4.78, 5) is 30.7. The molecule has 0 N–H and O–H groups in total. The molecule has 7 heteroatoms. The second kappa shape index (κ2) is 62.4. The molecule has 0 saturated heterocycles. The summed E-state index contributed by atoms with van der Waals surface area (Å²) in [6.45, 7) is 6.80. The van der Waals surface area contributed by atoms with Gasteiger partial charge in [0.05, 0.1) is 0 Å². The highest BCUT2D eigenvalue weighted by molar-refractivity contribution is 5.64. The van der Waals surface area contributed by atoms with Crippen LogP contribution in [0.5, 0.6) is 0 Å². The van der Waals surface area contributed by atoms with E-state index in [2.05, 4.69) is 20.8 Å². The Morgan fingerprint density at radius 3 is 0.410 bits per heavy atom. The zero-order chi connectivity index (χ0) is 44.7. The van der Waals surface area contributed by atoms with Gasteiger partial charge in [0.1, 0.15) is 0 Å². The third-order valence-electron chi connectivity index (χ3n) is 12.0. The fraction of sp³-hybridized carbons (Fsp3) is 0.944. The lowest BCUT2D eigenvalue weighted by Crippen LogP contribution is -2.21. The van der Waals surface area contributed by atoms with Crippen molar-refractivity contribution in [1.82, 2.24) is 6.15 Å². The third kappa shape index (κ3) is 75.9. The van der Waals surface area contributed by atoms with Crippen molar-refractivity contribution in [3.05, 3.63) is 0 Å². The Kier molecular flexibility index (Phi) is 67.3. The molecule has 0 unspecified atom stereocenters. The molecule has 61 heavy (non-hydrogen) atoms. The summed E-state index contributed by atoms with van der Waals surface area (Å²) in [6, 6.07) is 0. The number of nitrogens with zero attached hydrogens (tertiary/aromatic N) is 1. The Hall–Kier alpha value is -1.88. The summed E-state index contributed by atoms with van der Waals surface area (Å²) < 4.78 is 0. The Labute approximate surface area is 381 Å². The van der Waals surface area contributed by atoms with Crippen LogP contribution >= 0.6 is 0 Å². The normalized spacial score (nSPS) is 10.7. The van der Waals surface area contributed by atoms with Gasteiger partial charge in [0, 0.05) is 17.9 Å². The van der Waals surface area contributed by atoms with Gasteiger partial charge >= 0.3 is 6.15 Å². The van der Waals surface area contributed by atoms with Gasteiger partial charge in [-0.2, -0.15) is 0 Å². The number of hydrogen-bond donors (Lipinski definition) is 0. The zero-order valence-electron chi connectivity index (χ0n) is 41.3. The molecule has 0 aromatic rings. The molecule has 0 rings (SSSR count). The second-order valence-electron chi connectivity index (χ2n) is 18.2. The number of aliphatic carboxylic acids is 3. The average molecular weight is 864 g/mol. The third-order valence-corrected chi connectivity index (χ3v) is 12.0. The van der Waals surface area contributed by atoms with Crippen molar-refractivity contribution in [3.8, 4) is 0 Å². The molecule has 0 fully saturated rings. The summed E-state index contributed by atoms with van der Waals surface area (Å²) >= 11 is 0. The molecule has 0 heterocycles. The molecular formula is C54H105NO6. The van der Waals surface area contributed by atoms with Gasteiger partial charge < -0.3 is 29.7 Å². The molecule has 0 aliphatic rings. The van der Waals surface area contributed by atoms with Gasteiger partial charge in [-0.15, -0.1) is 0 Å². The number of unbranched alkanes of at least 4 members (excludes halogenated alkanes) is 42. The van der Waals surface area contributed by atoms with Crippen molar-refractivity contribution in [3.63, 3.8) is 0 Å². The molecule has 2 radical (unpaired) electrons. The van der Waals surface area contributed by atoms with Crippen molar-refractivity contribution >= 4 is 17.9 Å². The largest absolute Gasteiger partial charge is 3.00 e. The van der Waals surface area contributed by atoms with Crippen molar-refractivity contribution in [2.45, 2.75) is 329 Å². The van der Waals surface area contributed by atoms with Crippen LogP contribution in [0.25, 0.3) is 0 Å². The molecule has 0 amide bonds. The van der Waals surface area contributed by atoms with E-state index < -0.39 is 17.9 Å². The van der Waals surface area contributed by atoms with Gasteiger partial charge in [-0.25, -0.2) is 0 Å². The molecule has 0 aliphatic heterocycles. The van der Waals surface area contributed by atoms with Gasteiger partial charge in [0.25, 0.3) is 0 Å². The average Bonchev–Trinajstić information content (AvgIpc) is 3.22. The maximum Gasteiger partial charge on any atom is 3.00 e. The van der Waals surface area contributed by atoms with Gasteiger partial charge in [-0.1, -0.05) is 290 Å². The Morgan fingerprint density at radius 2 is 0.311 bits per heavy atom. The number of rotatable bonds is 48. The summed E-state index contributed by atoms with van der Waals surface area (Å²) in [5.41, 5.74) is 0. The molecule has 0 saturated carbocycles. The van der Waals surface area contributed by atoms with Crippen LogP contribution in [0.2, 0.25) is 0 Å². The highest BCUT2D eigenvalue weighted by atomic mass is 16.4. The van der Waals surface area contributed by atoms with Gasteiger partial charge in [0.15, 0.2) is 0 Å². The summed E-state index contributed by atoms with van der Waals surface area (Å²) in [5, 5.41) is 30.7. The van der Waals surface area contributed by atoms with E-state index in [0.717, 1.165) is 38.5 Å². The van der Waals surface area contributed by atoms with Crippen LogP contribution in [0.3, 0.4) is 0 Å². The molecule has 0 atom stereocenters. The monoisotopic (exact) mass is 864 g/mol. The van der Waals surface area contributed by atoms with Gasteiger partial charge in [-0.05, 0) is 38.5 Å². The first-order valence-corrected chi connectivity index (χ1v) is 26.9. The van der Waals surface area contributed by atoms with Crippen molar-refractivity contribution in [2.75, 3.05) is 0 Å². The minimum Gasteiger partial charge on any atom is -0.550 e. The van der Waals surface area contributed by atoms with E-state index in [1.807, 2.05) is 0 Å². The van der Waals surface area contributed by atoms with Crippen LogP contribution in [-0.4, -0.2) is 17.9 Å². The topological polar surface area (TPSA) is 151 Å². The van der Waals surface area contributed by atoms with Crippen LogP contribution < -0.4 is 21.5 Å². The summed E-state index contributed by atoms with van der Waals surface area (Å²) in [6.07, 6.45) is 59.6. The number of carboxylic acid groups (broad SMARTS) is 3. The van der Waals surface area contributed by atoms with E-state index in [9.17, 15) is 29.7 Å². The van der Waals surface area contributed by atoms with Crippen molar-refractivity contribution in [2.24, 2.45) is 0 Å². The first-order valence-electron chi connectivity index (χ1n) is 26.9. The number of carbonyl (C=O) groups excluding carboxylic acids is 3. The highest BCUT2D eigenvalue weighted by Gasteiger charge is 3.00. The van der Waals surface area contributed by atoms with Crippen LogP contribution in [-0.2, 0) is 14.4 Å². The minimum absolute atomic E-state index is 0. The van der Waals surface area contributed by atoms with Crippen LogP contribution in [0, 0.1) is 0 Å². The molecule has 7 nitrogen and oxygen atoms in total. The fourth-order valence-corrected chi connectivity index (χ4v) is 7.92. The second-order valence-corrected chi connectivity index (χ2v) is 18.2. The maximum atomic E-state index is 10.2. The van der Waals surface area contributed by atoms with E-state index in [4.69, 9.17) is 0 Å². The maximum absolute atomic E-state index is 10.2. The van der Waals surface area contributed by atoms with Crippen LogP contribution in [0.1, 0.15) is 329 Å². The van der Waals surface area contributed by atoms with E-state index in [1.54, 1.807) is 0 Å². The van der Waals surface area contributed by atoms with Crippen molar-refractivity contribution in [1.29, 1.82) is 0 Å². The smallest absolute Gasteiger partial charge is 0.550 e. The zero-order valence-corrected chi connectivity index (χ0v) is 41.3. The number of carboxylic acids is 3. The predicted molar refractivity (Wildman–Crippen MR) is 256 cm³/mol. The minimum atomic E-state index is -0.903. The molecule has 0 aliphatic carbocycles. The molecule has 362 valence electrons. The number of hydrogen-bond acceptors (Lipinski definition) is 6. The molecular weight excluding hydrogens is 759 g/mol. The van der Waals surface area contributed by atoms with Gasteiger partial charge in [0.2, 0.25) is 0 Å². The van der Waals surface area contributed by atoms with E-state index >= 15 is 0 Å². The molecule has 0 aromatic carbocycles. The van der Waals surface area contributed by atoms with Crippen LogP contribution in [0.15, 0.2) is 0 Å². The van der Waals surface area contributed by atoms with Gasteiger partial charge in [-0.3, -0.25) is 0 Å². The Morgan fingerprint density at radius 1 is 0.213 bits per heavy atom. The quantitative estimate of drug-likeness (QED) is 0.0555. The lowest BCUT2D eigenvalue weighted by Gasteiger charge is -2.04. The first kappa shape index (κ1) is 65.7. The molecule has 0 aromatic heterocycles. The highest BCUT2D eigenvalue weighted by Crippen LogP contribution is 2.16.